The second kappa shape index (κ2) is 4.40. The van der Waals surface area contributed by atoms with Crippen LogP contribution < -0.4 is 4.72 Å². The van der Waals surface area contributed by atoms with E-state index in [9.17, 15) is 17.6 Å². The number of halogens is 2. The zero-order valence-electron chi connectivity index (χ0n) is 8.98. The Morgan fingerprint density at radius 2 is 2.06 bits per heavy atom. The van der Waals surface area contributed by atoms with Crippen LogP contribution in [-0.4, -0.2) is 24.7 Å². The van der Waals surface area contributed by atoms with Gasteiger partial charge in [-0.2, -0.15) is 0 Å². The first-order valence-corrected chi connectivity index (χ1v) is 6.97. The summed E-state index contributed by atoms with van der Waals surface area (Å²) in [5, 5.41) is 8.22. The van der Waals surface area contributed by atoms with Gasteiger partial charge >= 0.3 is 5.97 Å². The molecular weight excluding hydrogens is 285 g/mol. The SMILES string of the molecule is O=C(O)c1cc(Cl)cc(F)c1NS(=O)(=O)C1CC1. The molecule has 0 heterocycles. The van der Waals surface area contributed by atoms with Crippen molar-refractivity contribution in [2.45, 2.75) is 18.1 Å². The van der Waals surface area contributed by atoms with Gasteiger partial charge in [0.05, 0.1) is 16.5 Å². The van der Waals surface area contributed by atoms with E-state index in [0.29, 0.717) is 12.8 Å². The highest BCUT2D eigenvalue weighted by atomic mass is 35.5. The van der Waals surface area contributed by atoms with Crippen molar-refractivity contribution in [1.82, 2.24) is 0 Å². The van der Waals surface area contributed by atoms with Crippen LogP contribution in [0.1, 0.15) is 23.2 Å². The lowest BCUT2D eigenvalue weighted by Gasteiger charge is -2.11. The number of sulfonamides is 1. The number of hydrogen-bond donors (Lipinski definition) is 2. The minimum atomic E-state index is -3.73. The van der Waals surface area contributed by atoms with Crippen molar-refractivity contribution in [2.75, 3.05) is 4.72 Å². The lowest BCUT2D eigenvalue weighted by atomic mass is 10.2. The number of benzene rings is 1. The van der Waals surface area contributed by atoms with Crippen LogP contribution in [0.3, 0.4) is 0 Å². The van der Waals surface area contributed by atoms with E-state index in [-0.39, 0.29) is 5.02 Å². The van der Waals surface area contributed by atoms with Crippen molar-refractivity contribution < 1.29 is 22.7 Å². The number of hydrogen-bond acceptors (Lipinski definition) is 3. The Morgan fingerprint density at radius 3 is 2.56 bits per heavy atom. The molecule has 0 aromatic heterocycles. The number of carboxylic acid groups (broad SMARTS) is 1. The van der Waals surface area contributed by atoms with Crippen molar-refractivity contribution in [3.63, 3.8) is 0 Å². The molecule has 0 atom stereocenters. The van der Waals surface area contributed by atoms with Gasteiger partial charge in [-0.25, -0.2) is 17.6 Å². The molecule has 5 nitrogen and oxygen atoms in total. The topological polar surface area (TPSA) is 83.5 Å². The maximum atomic E-state index is 13.6. The van der Waals surface area contributed by atoms with E-state index in [4.69, 9.17) is 16.7 Å². The van der Waals surface area contributed by atoms with E-state index in [1.807, 2.05) is 4.72 Å². The van der Waals surface area contributed by atoms with Crippen molar-refractivity contribution in [2.24, 2.45) is 0 Å². The minimum Gasteiger partial charge on any atom is -0.478 e. The summed E-state index contributed by atoms with van der Waals surface area (Å²) in [4.78, 5) is 10.9. The summed E-state index contributed by atoms with van der Waals surface area (Å²) in [6, 6.07) is 1.86. The maximum Gasteiger partial charge on any atom is 0.337 e. The van der Waals surface area contributed by atoms with Crippen LogP contribution in [0.15, 0.2) is 12.1 Å². The summed E-state index contributed by atoms with van der Waals surface area (Å²) >= 11 is 5.53. The Bertz CT molecular complexity index is 613. The van der Waals surface area contributed by atoms with Gasteiger partial charge in [0, 0.05) is 5.02 Å². The lowest BCUT2D eigenvalue weighted by Crippen LogP contribution is -2.20. The molecule has 0 radical (unpaired) electrons. The molecule has 1 saturated carbocycles. The standard InChI is InChI=1S/C10H9ClFNO4S/c11-5-3-7(10(14)15)9(8(12)4-5)13-18(16,17)6-1-2-6/h3-4,6,13H,1-2H2,(H,14,15). The summed E-state index contributed by atoms with van der Waals surface area (Å²) in [5.41, 5.74) is -1.08. The second-order valence-corrected chi connectivity index (χ2v) is 6.36. The Hall–Kier alpha value is -1.34. The fraction of sp³-hybridized carbons (Fsp3) is 0.300. The summed E-state index contributed by atoms with van der Waals surface area (Å²) in [6.45, 7) is 0. The number of carboxylic acids is 1. The monoisotopic (exact) mass is 293 g/mol. The first kappa shape index (κ1) is 13.1. The maximum absolute atomic E-state index is 13.6. The van der Waals surface area contributed by atoms with Crippen LogP contribution in [0.4, 0.5) is 10.1 Å². The molecule has 1 fully saturated rings. The highest BCUT2D eigenvalue weighted by Crippen LogP contribution is 2.32. The molecule has 0 unspecified atom stereocenters. The Labute approximate surface area is 108 Å². The van der Waals surface area contributed by atoms with Crippen LogP contribution >= 0.6 is 11.6 Å². The third-order valence-electron chi connectivity index (χ3n) is 2.49. The number of anilines is 1. The van der Waals surface area contributed by atoms with Crippen molar-refractivity contribution >= 4 is 33.3 Å². The molecule has 18 heavy (non-hydrogen) atoms. The highest BCUT2D eigenvalue weighted by Gasteiger charge is 2.37. The van der Waals surface area contributed by atoms with Crippen LogP contribution in [-0.2, 0) is 10.0 Å². The third-order valence-corrected chi connectivity index (χ3v) is 4.55. The van der Waals surface area contributed by atoms with E-state index in [1.165, 1.54) is 0 Å². The van der Waals surface area contributed by atoms with E-state index in [2.05, 4.69) is 0 Å². The van der Waals surface area contributed by atoms with Crippen LogP contribution in [0.2, 0.25) is 5.02 Å². The first-order valence-electron chi connectivity index (χ1n) is 5.05. The molecule has 0 bridgehead atoms. The molecule has 1 aromatic carbocycles. The van der Waals surface area contributed by atoms with Gasteiger partial charge < -0.3 is 5.11 Å². The Morgan fingerprint density at radius 1 is 1.44 bits per heavy atom. The van der Waals surface area contributed by atoms with Crippen molar-refractivity contribution in [3.05, 3.63) is 28.5 Å². The molecule has 2 rings (SSSR count). The van der Waals surface area contributed by atoms with Gasteiger partial charge in [0.2, 0.25) is 10.0 Å². The smallest absolute Gasteiger partial charge is 0.337 e. The van der Waals surface area contributed by atoms with Crippen molar-refractivity contribution in [3.8, 4) is 0 Å². The second-order valence-electron chi connectivity index (χ2n) is 3.96. The normalized spacial score (nSPS) is 15.4. The van der Waals surface area contributed by atoms with Crippen molar-refractivity contribution in [1.29, 1.82) is 0 Å². The summed E-state index contributed by atoms with van der Waals surface area (Å²) in [5.74, 6) is -2.46. The largest absolute Gasteiger partial charge is 0.478 e. The van der Waals surface area contributed by atoms with Gasteiger partial charge in [0.15, 0.2) is 0 Å². The molecule has 0 saturated heterocycles. The molecule has 1 aromatic rings. The van der Waals surface area contributed by atoms with Gasteiger partial charge in [-0.3, -0.25) is 4.72 Å². The summed E-state index contributed by atoms with van der Waals surface area (Å²) < 4.78 is 38.9. The predicted molar refractivity (Wildman–Crippen MR) is 63.9 cm³/mol. The van der Waals surface area contributed by atoms with Gasteiger partial charge in [-0.05, 0) is 25.0 Å². The molecule has 1 aliphatic rings. The van der Waals surface area contributed by atoms with E-state index < -0.39 is 38.3 Å². The Kier molecular flexibility index (Phi) is 3.20. The number of nitrogens with one attached hydrogen (secondary N) is 1. The van der Waals surface area contributed by atoms with Gasteiger partial charge in [-0.15, -0.1) is 0 Å². The zero-order valence-corrected chi connectivity index (χ0v) is 10.6. The lowest BCUT2D eigenvalue weighted by molar-refractivity contribution is 0.0697. The third kappa shape index (κ3) is 2.56. The average molecular weight is 294 g/mol. The van der Waals surface area contributed by atoms with E-state index >= 15 is 0 Å². The average Bonchev–Trinajstić information content (AvgIpc) is 3.04. The van der Waals surface area contributed by atoms with Gasteiger partial charge in [0.1, 0.15) is 5.82 Å². The van der Waals surface area contributed by atoms with Gasteiger partial charge in [0.25, 0.3) is 0 Å². The molecule has 8 heteroatoms. The number of rotatable bonds is 4. The molecule has 98 valence electrons. The molecule has 1 aliphatic carbocycles. The van der Waals surface area contributed by atoms with Crippen LogP contribution in [0.5, 0.6) is 0 Å². The van der Waals surface area contributed by atoms with Crippen LogP contribution in [0, 0.1) is 5.82 Å². The molecule has 0 amide bonds. The Balaban J connectivity index is 2.46. The number of aromatic carboxylic acids is 1. The minimum absolute atomic E-state index is 0.112. The van der Waals surface area contributed by atoms with E-state index in [1.54, 1.807) is 0 Å². The van der Waals surface area contributed by atoms with Crippen LogP contribution in [0.25, 0.3) is 0 Å². The molecule has 0 spiro atoms. The fourth-order valence-corrected chi connectivity index (χ4v) is 3.07. The molecular formula is C10H9ClFNO4S. The quantitative estimate of drug-likeness (QED) is 0.890. The number of carbonyl (C=O) groups is 1. The summed E-state index contributed by atoms with van der Waals surface area (Å²) in [7, 11) is -3.73. The highest BCUT2D eigenvalue weighted by molar-refractivity contribution is 7.93. The van der Waals surface area contributed by atoms with Gasteiger partial charge in [-0.1, -0.05) is 11.6 Å². The summed E-state index contributed by atoms with van der Waals surface area (Å²) in [6.07, 6.45) is 0.986. The molecule has 0 aliphatic heterocycles. The zero-order chi connectivity index (χ0) is 13.5. The van der Waals surface area contributed by atoms with E-state index in [0.717, 1.165) is 12.1 Å². The fourth-order valence-electron chi connectivity index (χ4n) is 1.45. The molecule has 2 N–H and O–H groups in total. The predicted octanol–water partition coefficient (Wildman–Crippen LogP) is 2.08. The first-order chi connectivity index (χ1) is 8.31.